The summed E-state index contributed by atoms with van der Waals surface area (Å²) in [6, 6.07) is 0.625. The molecule has 0 aliphatic carbocycles. The SMILES string of the molecule is C/C=C/CC(NC(=O)c1cc(C)[nH]n1)C(=O)O. The summed E-state index contributed by atoms with van der Waals surface area (Å²) in [4.78, 5) is 22.6. The Morgan fingerprint density at radius 2 is 2.35 bits per heavy atom. The van der Waals surface area contributed by atoms with E-state index in [-0.39, 0.29) is 12.1 Å². The zero-order valence-corrected chi connectivity index (χ0v) is 9.73. The molecule has 0 aliphatic heterocycles. The molecule has 0 spiro atoms. The number of hydrogen-bond acceptors (Lipinski definition) is 3. The molecule has 6 nitrogen and oxygen atoms in total. The van der Waals surface area contributed by atoms with Crippen LogP contribution in [0.15, 0.2) is 18.2 Å². The molecule has 0 saturated carbocycles. The number of hydrogen-bond donors (Lipinski definition) is 3. The third-order valence-electron chi connectivity index (χ3n) is 2.15. The van der Waals surface area contributed by atoms with Crippen molar-refractivity contribution in [3.8, 4) is 0 Å². The van der Waals surface area contributed by atoms with E-state index >= 15 is 0 Å². The van der Waals surface area contributed by atoms with Crippen molar-refractivity contribution >= 4 is 11.9 Å². The standard InChI is InChI=1S/C11H15N3O3/c1-3-4-5-8(11(16)17)12-10(15)9-6-7(2)13-14-9/h3-4,6,8H,5H2,1-2H3,(H,12,15)(H,13,14)(H,16,17)/b4-3+. The molecular formula is C11H15N3O3. The highest BCUT2D eigenvalue weighted by Crippen LogP contribution is 2.00. The highest BCUT2D eigenvalue weighted by molar-refractivity contribution is 5.95. The van der Waals surface area contributed by atoms with Crippen molar-refractivity contribution in [2.75, 3.05) is 0 Å². The van der Waals surface area contributed by atoms with Crippen molar-refractivity contribution in [2.45, 2.75) is 26.3 Å². The molecule has 0 bridgehead atoms. The van der Waals surface area contributed by atoms with Gasteiger partial charge in [-0.3, -0.25) is 9.89 Å². The molecule has 1 aromatic heterocycles. The topological polar surface area (TPSA) is 95.1 Å². The van der Waals surface area contributed by atoms with Crippen LogP contribution in [-0.4, -0.2) is 33.2 Å². The first-order valence-corrected chi connectivity index (χ1v) is 5.21. The van der Waals surface area contributed by atoms with E-state index in [1.54, 1.807) is 32.1 Å². The van der Waals surface area contributed by atoms with Gasteiger partial charge >= 0.3 is 5.97 Å². The van der Waals surface area contributed by atoms with Crippen LogP contribution in [0.2, 0.25) is 0 Å². The van der Waals surface area contributed by atoms with E-state index in [2.05, 4.69) is 15.5 Å². The summed E-state index contributed by atoms with van der Waals surface area (Å²) in [5, 5.41) is 17.7. The van der Waals surface area contributed by atoms with Crippen LogP contribution in [-0.2, 0) is 4.79 Å². The lowest BCUT2D eigenvalue weighted by Crippen LogP contribution is -2.40. The average molecular weight is 237 g/mol. The molecule has 0 saturated heterocycles. The summed E-state index contributed by atoms with van der Waals surface area (Å²) in [7, 11) is 0. The lowest BCUT2D eigenvalue weighted by molar-refractivity contribution is -0.139. The van der Waals surface area contributed by atoms with Crippen molar-refractivity contribution in [1.29, 1.82) is 0 Å². The zero-order chi connectivity index (χ0) is 12.8. The summed E-state index contributed by atoms with van der Waals surface area (Å²) in [6.45, 7) is 3.55. The maximum absolute atomic E-state index is 11.7. The van der Waals surface area contributed by atoms with Crippen molar-refractivity contribution in [2.24, 2.45) is 0 Å². The van der Waals surface area contributed by atoms with Gasteiger partial charge in [-0.15, -0.1) is 0 Å². The van der Waals surface area contributed by atoms with E-state index in [1.165, 1.54) is 0 Å². The molecule has 3 N–H and O–H groups in total. The number of aromatic amines is 1. The lowest BCUT2D eigenvalue weighted by Gasteiger charge is -2.11. The molecule has 1 rings (SSSR count). The summed E-state index contributed by atoms with van der Waals surface area (Å²) in [5.74, 6) is -1.56. The number of aryl methyl sites for hydroxylation is 1. The van der Waals surface area contributed by atoms with Gasteiger partial charge in [0, 0.05) is 5.69 Å². The molecule has 92 valence electrons. The molecule has 6 heteroatoms. The van der Waals surface area contributed by atoms with Crippen molar-refractivity contribution in [3.63, 3.8) is 0 Å². The van der Waals surface area contributed by atoms with E-state index < -0.39 is 17.9 Å². The first-order chi connectivity index (χ1) is 8.04. The monoisotopic (exact) mass is 237 g/mol. The number of aliphatic carboxylic acids is 1. The van der Waals surface area contributed by atoms with Gasteiger partial charge in [0.1, 0.15) is 11.7 Å². The van der Waals surface area contributed by atoms with Gasteiger partial charge in [0.05, 0.1) is 0 Å². The van der Waals surface area contributed by atoms with E-state index in [9.17, 15) is 9.59 Å². The largest absolute Gasteiger partial charge is 0.480 e. The van der Waals surface area contributed by atoms with Crippen LogP contribution in [0.5, 0.6) is 0 Å². The molecule has 17 heavy (non-hydrogen) atoms. The number of allylic oxidation sites excluding steroid dienone is 1. The quantitative estimate of drug-likeness (QED) is 0.662. The summed E-state index contributed by atoms with van der Waals surface area (Å²) in [5.41, 5.74) is 0.935. The maximum atomic E-state index is 11.7. The predicted octanol–water partition coefficient (Wildman–Crippen LogP) is 0.867. The minimum atomic E-state index is -1.07. The third-order valence-corrected chi connectivity index (χ3v) is 2.15. The molecule has 1 atom stereocenters. The van der Waals surface area contributed by atoms with Crippen LogP contribution in [0.3, 0.4) is 0 Å². The highest BCUT2D eigenvalue weighted by Gasteiger charge is 2.20. The van der Waals surface area contributed by atoms with Crippen LogP contribution in [0.25, 0.3) is 0 Å². The van der Waals surface area contributed by atoms with Gasteiger partial charge in [-0.25, -0.2) is 4.79 Å². The van der Waals surface area contributed by atoms with Crippen LogP contribution < -0.4 is 5.32 Å². The molecular weight excluding hydrogens is 222 g/mol. The Bertz CT molecular complexity index is 437. The first-order valence-electron chi connectivity index (χ1n) is 5.21. The van der Waals surface area contributed by atoms with Gasteiger partial charge in [-0.05, 0) is 26.3 Å². The molecule has 0 fully saturated rings. The lowest BCUT2D eigenvalue weighted by atomic mass is 10.2. The zero-order valence-electron chi connectivity index (χ0n) is 9.73. The molecule has 1 amide bonds. The molecule has 0 radical (unpaired) electrons. The first kappa shape index (κ1) is 13.0. The number of amides is 1. The van der Waals surface area contributed by atoms with E-state index in [0.717, 1.165) is 5.69 Å². The second kappa shape index (κ2) is 5.83. The number of rotatable bonds is 5. The highest BCUT2D eigenvalue weighted by atomic mass is 16.4. The Hall–Kier alpha value is -2.11. The number of nitrogens with zero attached hydrogens (tertiary/aromatic N) is 1. The maximum Gasteiger partial charge on any atom is 0.326 e. The Balaban J connectivity index is 2.67. The van der Waals surface area contributed by atoms with E-state index in [0.29, 0.717) is 0 Å². The number of carbonyl (C=O) groups is 2. The van der Waals surface area contributed by atoms with Gasteiger partial charge in [0.25, 0.3) is 5.91 Å². The van der Waals surface area contributed by atoms with Crippen molar-refractivity contribution in [1.82, 2.24) is 15.5 Å². The normalized spacial score (nSPS) is 12.6. The number of aromatic nitrogens is 2. The Morgan fingerprint density at radius 1 is 1.65 bits per heavy atom. The number of carbonyl (C=O) groups excluding carboxylic acids is 1. The summed E-state index contributed by atoms with van der Waals surface area (Å²) < 4.78 is 0. The fourth-order valence-electron chi connectivity index (χ4n) is 1.26. The fraction of sp³-hybridized carbons (Fsp3) is 0.364. The van der Waals surface area contributed by atoms with E-state index in [1.807, 2.05) is 0 Å². The summed E-state index contributed by atoms with van der Waals surface area (Å²) >= 11 is 0. The molecule has 0 aliphatic rings. The molecule has 1 unspecified atom stereocenters. The number of H-pyrrole nitrogens is 1. The number of nitrogens with one attached hydrogen (secondary N) is 2. The summed E-state index contributed by atoms with van der Waals surface area (Å²) in [6.07, 6.45) is 3.68. The smallest absolute Gasteiger partial charge is 0.326 e. The second-order valence-electron chi connectivity index (χ2n) is 3.61. The molecule has 0 aromatic carbocycles. The molecule has 1 heterocycles. The fourth-order valence-corrected chi connectivity index (χ4v) is 1.26. The van der Waals surface area contributed by atoms with Gasteiger partial charge in [-0.1, -0.05) is 12.2 Å². The minimum Gasteiger partial charge on any atom is -0.480 e. The van der Waals surface area contributed by atoms with Gasteiger partial charge in [-0.2, -0.15) is 5.10 Å². The number of carboxylic acids is 1. The van der Waals surface area contributed by atoms with Gasteiger partial charge in [0.15, 0.2) is 0 Å². The second-order valence-corrected chi connectivity index (χ2v) is 3.61. The minimum absolute atomic E-state index is 0.189. The van der Waals surface area contributed by atoms with E-state index in [4.69, 9.17) is 5.11 Å². The van der Waals surface area contributed by atoms with Crippen LogP contribution in [0.1, 0.15) is 29.5 Å². The molecule has 1 aromatic rings. The Labute approximate surface area is 98.7 Å². The van der Waals surface area contributed by atoms with Crippen molar-refractivity contribution < 1.29 is 14.7 Å². The van der Waals surface area contributed by atoms with Crippen LogP contribution >= 0.6 is 0 Å². The third kappa shape index (κ3) is 3.75. The van der Waals surface area contributed by atoms with Gasteiger partial charge in [0.2, 0.25) is 0 Å². The predicted molar refractivity (Wildman–Crippen MR) is 61.6 cm³/mol. The van der Waals surface area contributed by atoms with Crippen LogP contribution in [0.4, 0.5) is 0 Å². The Morgan fingerprint density at radius 3 is 2.82 bits per heavy atom. The van der Waals surface area contributed by atoms with Crippen molar-refractivity contribution in [3.05, 3.63) is 29.6 Å². The van der Waals surface area contributed by atoms with Gasteiger partial charge < -0.3 is 10.4 Å². The van der Waals surface area contributed by atoms with Crippen LogP contribution in [0, 0.1) is 6.92 Å². The average Bonchev–Trinajstić information content (AvgIpc) is 2.70. The Kier molecular flexibility index (Phi) is 4.45. The number of carboxylic acid groups (broad SMARTS) is 1.